The van der Waals surface area contributed by atoms with Crippen molar-refractivity contribution in [1.82, 2.24) is 9.88 Å². The number of oxime groups is 1. The predicted molar refractivity (Wildman–Crippen MR) is 98.1 cm³/mol. The maximum Gasteiger partial charge on any atom is 0.146 e. The van der Waals surface area contributed by atoms with Crippen LogP contribution in [0.1, 0.15) is 21.7 Å². The lowest BCUT2D eigenvalue weighted by atomic mass is 10.2. The van der Waals surface area contributed by atoms with E-state index in [2.05, 4.69) is 63.9 Å². The summed E-state index contributed by atoms with van der Waals surface area (Å²) in [5, 5.41) is 9.94. The van der Waals surface area contributed by atoms with Crippen LogP contribution in [-0.4, -0.2) is 23.4 Å². The molecule has 0 fully saturated rings. The number of aromatic nitrogens is 1. The Labute approximate surface area is 145 Å². The van der Waals surface area contributed by atoms with Crippen molar-refractivity contribution in [3.05, 3.63) is 75.7 Å². The van der Waals surface area contributed by atoms with Gasteiger partial charge in [-0.3, -0.25) is 0 Å². The summed E-state index contributed by atoms with van der Waals surface area (Å²) < 4.78 is 2.19. The van der Waals surface area contributed by atoms with Crippen molar-refractivity contribution >= 4 is 17.0 Å². The van der Waals surface area contributed by atoms with Crippen LogP contribution in [0.3, 0.4) is 0 Å². The van der Waals surface area contributed by atoms with E-state index in [0.29, 0.717) is 6.61 Å². The van der Waals surface area contributed by atoms with Crippen LogP contribution in [-0.2, 0) is 11.4 Å². The van der Waals surface area contributed by atoms with E-state index in [0.717, 1.165) is 24.5 Å². The zero-order valence-corrected chi connectivity index (χ0v) is 14.3. The molecule has 1 aliphatic heterocycles. The molecule has 0 atom stereocenters. The van der Waals surface area contributed by atoms with Gasteiger partial charge >= 0.3 is 0 Å². The molecule has 0 bridgehead atoms. The molecule has 0 saturated carbocycles. The fraction of sp³-hybridized carbons (Fsp3) is 0.211. The van der Waals surface area contributed by atoms with Crippen molar-refractivity contribution in [3.63, 3.8) is 0 Å². The van der Waals surface area contributed by atoms with Gasteiger partial charge < -0.3 is 14.7 Å². The van der Waals surface area contributed by atoms with E-state index in [4.69, 9.17) is 4.84 Å². The van der Waals surface area contributed by atoms with Crippen LogP contribution in [0.15, 0.2) is 59.2 Å². The molecule has 1 aliphatic rings. The second-order valence-electron chi connectivity index (χ2n) is 5.80. The monoisotopic (exact) mass is 337 g/mol. The van der Waals surface area contributed by atoms with Crippen molar-refractivity contribution in [2.45, 2.75) is 13.5 Å². The summed E-state index contributed by atoms with van der Waals surface area (Å²) in [5.41, 5.74) is 5.84. The van der Waals surface area contributed by atoms with Crippen LogP contribution >= 0.6 is 11.3 Å². The molecule has 122 valence electrons. The average molecular weight is 337 g/mol. The third-order valence-corrected chi connectivity index (χ3v) is 5.18. The first-order valence-electron chi connectivity index (χ1n) is 8.06. The van der Waals surface area contributed by atoms with Gasteiger partial charge in [-0.15, -0.1) is 11.3 Å². The van der Waals surface area contributed by atoms with E-state index in [1.807, 2.05) is 12.1 Å². The number of benzene rings is 1. The number of fused-ring (bicyclic) bond motifs is 3. The zero-order chi connectivity index (χ0) is 16.4. The Bertz CT molecular complexity index is 864. The van der Waals surface area contributed by atoms with Crippen molar-refractivity contribution in [2.75, 3.05) is 13.2 Å². The Kier molecular flexibility index (Phi) is 4.19. The molecule has 24 heavy (non-hydrogen) atoms. The van der Waals surface area contributed by atoms with E-state index >= 15 is 0 Å². The Morgan fingerprint density at radius 2 is 2.04 bits per heavy atom. The quantitative estimate of drug-likeness (QED) is 0.430. The number of rotatable bonds is 6. The van der Waals surface area contributed by atoms with Crippen molar-refractivity contribution in [1.29, 1.82) is 0 Å². The molecular weight excluding hydrogens is 318 g/mol. The first-order chi connectivity index (χ1) is 11.8. The van der Waals surface area contributed by atoms with Crippen molar-refractivity contribution < 1.29 is 4.84 Å². The smallest absolute Gasteiger partial charge is 0.146 e. The van der Waals surface area contributed by atoms with Gasteiger partial charge in [-0.25, -0.2) is 0 Å². The summed E-state index contributed by atoms with van der Waals surface area (Å²) in [7, 11) is 0. The minimum absolute atomic E-state index is 0.552. The molecule has 0 spiro atoms. The third kappa shape index (κ3) is 2.77. The van der Waals surface area contributed by atoms with Gasteiger partial charge in [-0.2, -0.15) is 0 Å². The van der Waals surface area contributed by atoms with Gasteiger partial charge in [-0.1, -0.05) is 35.5 Å². The fourth-order valence-electron chi connectivity index (χ4n) is 2.94. The Balaban J connectivity index is 1.35. The number of hydrogen-bond donors (Lipinski definition) is 1. The topological polar surface area (TPSA) is 38.5 Å². The summed E-state index contributed by atoms with van der Waals surface area (Å²) in [6.07, 6.45) is 2.08. The van der Waals surface area contributed by atoms with E-state index in [1.54, 1.807) is 11.3 Å². The molecule has 0 unspecified atom stereocenters. The minimum atomic E-state index is 0.552. The molecule has 1 aromatic carbocycles. The van der Waals surface area contributed by atoms with E-state index in [1.165, 1.54) is 21.7 Å². The molecule has 5 heteroatoms. The Hall–Kier alpha value is -2.37. The molecule has 4 rings (SSSR count). The summed E-state index contributed by atoms with van der Waals surface area (Å²) in [5.74, 6) is 0. The maximum atomic E-state index is 5.57. The molecule has 2 aromatic heterocycles. The van der Waals surface area contributed by atoms with Crippen LogP contribution in [0.2, 0.25) is 0 Å². The molecule has 0 saturated heterocycles. The third-order valence-electron chi connectivity index (χ3n) is 4.09. The molecule has 0 radical (unpaired) electrons. The van der Waals surface area contributed by atoms with Gasteiger partial charge in [0.05, 0.1) is 16.3 Å². The normalized spacial score (nSPS) is 14.0. The van der Waals surface area contributed by atoms with Gasteiger partial charge in [0.1, 0.15) is 12.3 Å². The summed E-state index contributed by atoms with van der Waals surface area (Å²) in [6, 6.07) is 14.5. The molecule has 3 heterocycles. The van der Waals surface area contributed by atoms with Gasteiger partial charge in [0.2, 0.25) is 0 Å². The number of thiophene rings is 1. The van der Waals surface area contributed by atoms with E-state index in [-0.39, 0.29) is 0 Å². The average Bonchev–Trinajstić information content (AvgIpc) is 3.27. The van der Waals surface area contributed by atoms with Gasteiger partial charge in [0.15, 0.2) is 0 Å². The first kappa shape index (κ1) is 15.2. The molecule has 1 N–H and O–H groups in total. The molecule has 3 aromatic rings. The number of hydrogen-bond acceptors (Lipinski definition) is 4. The number of nitrogens with zero attached hydrogens (tertiary/aromatic N) is 2. The fourth-order valence-corrected chi connectivity index (χ4v) is 3.97. The molecular formula is C19H19N3OS. The van der Waals surface area contributed by atoms with Crippen LogP contribution in [0.4, 0.5) is 0 Å². The Morgan fingerprint density at radius 1 is 1.17 bits per heavy atom. The molecule has 0 aliphatic carbocycles. The maximum absolute atomic E-state index is 5.57. The SMILES string of the molecule is Cc1csc2c1-n1cccc1/C2=N/OCCNCc1ccccc1. The van der Waals surface area contributed by atoms with Gasteiger partial charge in [0.25, 0.3) is 0 Å². The summed E-state index contributed by atoms with van der Waals surface area (Å²) >= 11 is 1.73. The van der Waals surface area contributed by atoms with Crippen LogP contribution in [0.25, 0.3) is 5.69 Å². The number of aryl methyl sites for hydroxylation is 1. The van der Waals surface area contributed by atoms with E-state index < -0.39 is 0 Å². The van der Waals surface area contributed by atoms with Gasteiger partial charge in [-0.05, 0) is 35.6 Å². The molecule has 0 amide bonds. The van der Waals surface area contributed by atoms with Crippen LogP contribution in [0, 0.1) is 6.92 Å². The zero-order valence-electron chi connectivity index (χ0n) is 13.5. The highest BCUT2D eigenvalue weighted by Gasteiger charge is 2.28. The van der Waals surface area contributed by atoms with E-state index in [9.17, 15) is 0 Å². The van der Waals surface area contributed by atoms with Crippen molar-refractivity contribution in [2.24, 2.45) is 5.16 Å². The van der Waals surface area contributed by atoms with Crippen LogP contribution < -0.4 is 5.32 Å². The highest BCUT2D eigenvalue weighted by molar-refractivity contribution is 7.13. The number of nitrogens with one attached hydrogen (secondary N) is 1. The lowest BCUT2D eigenvalue weighted by Crippen LogP contribution is -2.18. The lowest BCUT2D eigenvalue weighted by molar-refractivity contribution is 0.146. The second-order valence-corrected chi connectivity index (χ2v) is 6.68. The highest BCUT2D eigenvalue weighted by atomic mass is 32.1. The first-order valence-corrected chi connectivity index (χ1v) is 8.94. The van der Waals surface area contributed by atoms with Crippen molar-refractivity contribution in [3.8, 4) is 5.69 Å². The van der Waals surface area contributed by atoms with Gasteiger partial charge in [0, 0.05) is 19.3 Å². The lowest BCUT2D eigenvalue weighted by Gasteiger charge is -2.04. The summed E-state index contributed by atoms with van der Waals surface area (Å²) in [6.45, 7) is 4.30. The van der Waals surface area contributed by atoms with Crippen LogP contribution in [0.5, 0.6) is 0 Å². The Morgan fingerprint density at radius 3 is 2.92 bits per heavy atom. The highest BCUT2D eigenvalue weighted by Crippen LogP contribution is 2.35. The molecule has 4 nitrogen and oxygen atoms in total. The minimum Gasteiger partial charge on any atom is -0.394 e. The largest absolute Gasteiger partial charge is 0.394 e. The standard InChI is InChI=1S/C19H19N3OS/c1-14-13-24-19-17(16-8-5-10-22(16)18(14)19)21-23-11-9-20-12-15-6-3-2-4-7-15/h2-8,10,13,20H,9,11-12H2,1H3/b21-17-. The second kappa shape index (κ2) is 6.63. The summed E-state index contributed by atoms with van der Waals surface area (Å²) in [4.78, 5) is 6.76. The predicted octanol–water partition coefficient (Wildman–Crippen LogP) is 3.72.